The van der Waals surface area contributed by atoms with Gasteiger partial charge >= 0.3 is 12.3 Å². The van der Waals surface area contributed by atoms with E-state index in [1.54, 1.807) is 11.9 Å². The summed E-state index contributed by atoms with van der Waals surface area (Å²) in [5, 5.41) is 0. The number of rotatable bonds is 1. The van der Waals surface area contributed by atoms with Crippen LogP contribution in [0.25, 0.3) is 0 Å². The van der Waals surface area contributed by atoms with E-state index in [1.807, 2.05) is 0 Å². The van der Waals surface area contributed by atoms with Gasteiger partial charge in [0.1, 0.15) is 0 Å². The number of alkyl halides is 3. The van der Waals surface area contributed by atoms with Crippen molar-refractivity contribution in [1.29, 1.82) is 0 Å². The van der Waals surface area contributed by atoms with Crippen LogP contribution in [0.15, 0.2) is 0 Å². The Hall–Kier alpha value is -0.780. The van der Waals surface area contributed by atoms with Crippen LogP contribution in [0.3, 0.4) is 0 Å². The lowest BCUT2D eigenvalue weighted by atomic mass is 10.1. The van der Waals surface area contributed by atoms with Gasteiger partial charge in [0.25, 0.3) is 0 Å². The lowest BCUT2D eigenvalue weighted by molar-refractivity contribution is -0.307. The van der Waals surface area contributed by atoms with Crippen molar-refractivity contribution >= 4 is 5.97 Å². The van der Waals surface area contributed by atoms with E-state index in [2.05, 4.69) is 4.74 Å². The summed E-state index contributed by atoms with van der Waals surface area (Å²) in [6.07, 6.45) is -4.41. The highest BCUT2D eigenvalue weighted by atomic mass is 19.4. The minimum absolute atomic E-state index is 0.342. The van der Waals surface area contributed by atoms with E-state index in [1.165, 1.54) is 0 Å². The van der Waals surface area contributed by atoms with Gasteiger partial charge in [-0.15, -0.1) is 13.2 Å². The molecule has 1 aliphatic rings. The predicted molar refractivity (Wildman–Crippen MR) is 37.8 cm³/mol. The van der Waals surface area contributed by atoms with Crippen LogP contribution in [0.4, 0.5) is 13.2 Å². The maximum absolute atomic E-state index is 11.6. The highest BCUT2D eigenvalue weighted by molar-refractivity contribution is 5.73. The van der Waals surface area contributed by atoms with Crippen molar-refractivity contribution in [3.63, 3.8) is 0 Å². The molecule has 3 nitrogen and oxygen atoms in total. The average molecular weight is 197 g/mol. The van der Waals surface area contributed by atoms with Crippen LogP contribution in [-0.2, 0) is 9.53 Å². The Morgan fingerprint density at radius 2 is 2.15 bits per heavy atom. The molecule has 1 aliphatic heterocycles. The standard InChI is InChI=1S/C7H10F3NO2/c1-11-3-2-5(4-11)6(12)13-7(8,9)10/h5H,2-4H2,1H3. The molecule has 1 rings (SSSR count). The van der Waals surface area contributed by atoms with Gasteiger partial charge in [-0.25, -0.2) is 0 Å². The minimum Gasteiger partial charge on any atom is -0.373 e. The second-order valence-electron chi connectivity index (χ2n) is 3.11. The molecule has 1 saturated heterocycles. The van der Waals surface area contributed by atoms with E-state index < -0.39 is 18.2 Å². The summed E-state index contributed by atoms with van der Waals surface area (Å²) in [6, 6.07) is 0. The molecule has 6 heteroatoms. The van der Waals surface area contributed by atoms with Crippen molar-refractivity contribution < 1.29 is 22.7 Å². The van der Waals surface area contributed by atoms with Gasteiger partial charge in [-0.3, -0.25) is 4.79 Å². The molecule has 0 amide bonds. The highest BCUT2D eigenvalue weighted by Crippen LogP contribution is 2.22. The Bertz CT molecular complexity index is 204. The molecule has 0 aromatic rings. The Labute approximate surface area is 73.5 Å². The molecule has 0 saturated carbocycles. The SMILES string of the molecule is CN1CCC(C(=O)OC(F)(F)F)C1. The molecule has 13 heavy (non-hydrogen) atoms. The number of carbonyl (C=O) groups excluding carboxylic acids is 1. The van der Waals surface area contributed by atoms with Gasteiger partial charge in [0, 0.05) is 6.54 Å². The van der Waals surface area contributed by atoms with Crippen LogP contribution in [0.1, 0.15) is 6.42 Å². The molecule has 1 atom stereocenters. The molecule has 0 bridgehead atoms. The van der Waals surface area contributed by atoms with Crippen LogP contribution in [0, 0.1) is 5.92 Å². The lowest BCUT2D eigenvalue weighted by Gasteiger charge is -2.11. The third kappa shape index (κ3) is 3.22. The first-order chi connectivity index (χ1) is 5.88. The molecule has 0 N–H and O–H groups in total. The first-order valence-corrected chi connectivity index (χ1v) is 3.86. The second-order valence-corrected chi connectivity index (χ2v) is 3.11. The van der Waals surface area contributed by atoms with Crippen LogP contribution in [0.2, 0.25) is 0 Å². The zero-order valence-electron chi connectivity index (χ0n) is 7.10. The fourth-order valence-corrected chi connectivity index (χ4v) is 1.32. The summed E-state index contributed by atoms with van der Waals surface area (Å²) >= 11 is 0. The van der Waals surface area contributed by atoms with Gasteiger partial charge in [-0.2, -0.15) is 0 Å². The van der Waals surface area contributed by atoms with Gasteiger partial charge in [0.2, 0.25) is 0 Å². The fourth-order valence-electron chi connectivity index (χ4n) is 1.32. The maximum Gasteiger partial charge on any atom is 0.575 e. The van der Waals surface area contributed by atoms with E-state index in [4.69, 9.17) is 0 Å². The van der Waals surface area contributed by atoms with Crippen LogP contribution in [-0.4, -0.2) is 37.4 Å². The Balaban J connectivity index is 2.41. The summed E-state index contributed by atoms with van der Waals surface area (Å²) in [5.74, 6) is -1.80. The van der Waals surface area contributed by atoms with Crippen LogP contribution in [0.5, 0.6) is 0 Å². The van der Waals surface area contributed by atoms with Gasteiger partial charge in [-0.1, -0.05) is 0 Å². The van der Waals surface area contributed by atoms with Crippen molar-refractivity contribution in [3.8, 4) is 0 Å². The number of nitrogens with zero attached hydrogens (tertiary/aromatic N) is 1. The Morgan fingerprint density at radius 3 is 2.54 bits per heavy atom. The van der Waals surface area contributed by atoms with E-state index in [9.17, 15) is 18.0 Å². The summed E-state index contributed by atoms with van der Waals surface area (Å²) in [5.41, 5.74) is 0. The molecular formula is C7H10F3NO2. The molecule has 0 aliphatic carbocycles. The van der Waals surface area contributed by atoms with Gasteiger partial charge in [0.15, 0.2) is 0 Å². The minimum atomic E-state index is -4.85. The van der Waals surface area contributed by atoms with Gasteiger partial charge in [-0.05, 0) is 20.0 Å². The quantitative estimate of drug-likeness (QED) is 0.587. The third-order valence-corrected chi connectivity index (χ3v) is 1.94. The Kier molecular flexibility index (Phi) is 2.80. The number of ether oxygens (including phenoxy) is 1. The molecule has 0 spiro atoms. The maximum atomic E-state index is 11.6. The van der Waals surface area contributed by atoms with Crippen molar-refractivity contribution in [3.05, 3.63) is 0 Å². The van der Waals surface area contributed by atoms with Crippen molar-refractivity contribution in [2.45, 2.75) is 12.8 Å². The molecule has 1 fully saturated rings. The summed E-state index contributed by atoms with van der Waals surface area (Å²) < 4.78 is 38.1. The molecule has 0 radical (unpaired) electrons. The lowest BCUT2D eigenvalue weighted by Crippen LogP contribution is -2.27. The summed E-state index contributed by atoms with van der Waals surface area (Å²) in [6.45, 7) is 0.979. The highest BCUT2D eigenvalue weighted by Gasteiger charge is 2.38. The van der Waals surface area contributed by atoms with Crippen molar-refractivity contribution in [2.24, 2.45) is 5.92 Å². The fraction of sp³-hybridized carbons (Fsp3) is 0.857. The largest absolute Gasteiger partial charge is 0.575 e. The third-order valence-electron chi connectivity index (χ3n) is 1.94. The van der Waals surface area contributed by atoms with E-state index in [0.29, 0.717) is 19.5 Å². The molecule has 76 valence electrons. The van der Waals surface area contributed by atoms with Crippen molar-refractivity contribution in [2.75, 3.05) is 20.1 Å². The molecule has 0 aromatic carbocycles. The number of likely N-dealkylation sites (tertiary alicyclic amines) is 1. The molecular weight excluding hydrogens is 187 g/mol. The smallest absolute Gasteiger partial charge is 0.373 e. The van der Waals surface area contributed by atoms with Crippen LogP contribution < -0.4 is 0 Å². The van der Waals surface area contributed by atoms with E-state index >= 15 is 0 Å². The summed E-state index contributed by atoms with van der Waals surface area (Å²) in [7, 11) is 1.75. The number of hydrogen-bond donors (Lipinski definition) is 0. The second kappa shape index (κ2) is 3.53. The topological polar surface area (TPSA) is 29.5 Å². The van der Waals surface area contributed by atoms with Gasteiger partial charge < -0.3 is 9.64 Å². The zero-order chi connectivity index (χ0) is 10.1. The van der Waals surface area contributed by atoms with Crippen LogP contribution >= 0.6 is 0 Å². The number of carbonyl (C=O) groups is 1. The first-order valence-electron chi connectivity index (χ1n) is 3.86. The van der Waals surface area contributed by atoms with Crippen molar-refractivity contribution in [1.82, 2.24) is 4.90 Å². The Morgan fingerprint density at radius 1 is 1.54 bits per heavy atom. The molecule has 1 heterocycles. The number of hydrogen-bond acceptors (Lipinski definition) is 3. The average Bonchev–Trinajstić information content (AvgIpc) is 2.31. The molecule has 1 unspecified atom stereocenters. The molecule has 0 aromatic heterocycles. The number of halogens is 3. The number of esters is 1. The van der Waals surface area contributed by atoms with E-state index in [0.717, 1.165) is 0 Å². The predicted octanol–water partition coefficient (Wildman–Crippen LogP) is 1.00. The summed E-state index contributed by atoms with van der Waals surface area (Å²) in [4.78, 5) is 12.6. The normalized spacial score (nSPS) is 24.8. The monoisotopic (exact) mass is 197 g/mol. The van der Waals surface area contributed by atoms with Gasteiger partial charge in [0.05, 0.1) is 5.92 Å². The zero-order valence-corrected chi connectivity index (χ0v) is 7.10. The van der Waals surface area contributed by atoms with E-state index in [-0.39, 0.29) is 0 Å². The first kappa shape index (κ1) is 10.3.